The van der Waals surface area contributed by atoms with Gasteiger partial charge in [0, 0.05) is 6.08 Å². The average molecular weight is 296 g/mol. The first-order chi connectivity index (χ1) is 9.97. The van der Waals surface area contributed by atoms with Gasteiger partial charge >= 0.3 is 12.1 Å². The fraction of sp³-hybridized carbons (Fsp3) is 0.333. The molecule has 0 unspecified atom stereocenters. The number of carbonyl (C=O) groups excluding carboxylic acids is 2. The highest BCUT2D eigenvalue weighted by molar-refractivity contribution is 5.83. The predicted octanol–water partition coefficient (Wildman–Crippen LogP) is 0.633. The van der Waals surface area contributed by atoms with Gasteiger partial charge in [-0.1, -0.05) is 13.0 Å². The van der Waals surface area contributed by atoms with E-state index in [0.717, 1.165) is 0 Å². The quantitative estimate of drug-likeness (QED) is 0.414. The van der Waals surface area contributed by atoms with E-state index in [1.165, 1.54) is 20.1 Å². The van der Waals surface area contributed by atoms with Crippen molar-refractivity contribution in [1.29, 1.82) is 0 Å². The molecule has 0 saturated heterocycles. The van der Waals surface area contributed by atoms with Crippen LogP contribution in [0.25, 0.3) is 0 Å². The maximum Gasteiger partial charge on any atom is 0.425 e. The summed E-state index contributed by atoms with van der Waals surface area (Å²) in [5.74, 6) is -0.901. The first kappa shape index (κ1) is 16.2. The minimum Gasteiger partial charge on any atom is -0.452 e. The van der Waals surface area contributed by atoms with E-state index in [9.17, 15) is 14.4 Å². The molecule has 0 bridgehead atoms. The third-order valence-electron chi connectivity index (χ3n) is 2.26. The van der Waals surface area contributed by atoms with Crippen LogP contribution in [0.15, 0.2) is 16.9 Å². The molecule has 9 nitrogen and oxygen atoms in total. The number of hydrogen-bond donors (Lipinski definition) is 3. The van der Waals surface area contributed by atoms with Crippen molar-refractivity contribution in [2.24, 2.45) is 0 Å². The Labute approximate surface area is 120 Å². The van der Waals surface area contributed by atoms with Gasteiger partial charge in [-0.25, -0.2) is 15.0 Å². The van der Waals surface area contributed by atoms with Gasteiger partial charge in [0.25, 0.3) is 5.56 Å². The van der Waals surface area contributed by atoms with Crippen molar-refractivity contribution in [2.45, 2.75) is 20.3 Å². The highest BCUT2D eigenvalue weighted by Crippen LogP contribution is 2.11. The van der Waals surface area contributed by atoms with Crippen LogP contribution in [-0.4, -0.2) is 29.1 Å². The van der Waals surface area contributed by atoms with Crippen molar-refractivity contribution in [3.8, 4) is 5.88 Å². The Morgan fingerprint density at radius 2 is 2.14 bits per heavy atom. The highest BCUT2D eigenvalue weighted by Gasteiger charge is 2.12. The lowest BCUT2D eigenvalue weighted by Crippen LogP contribution is -2.31. The van der Waals surface area contributed by atoms with Gasteiger partial charge in [-0.05, 0) is 13.3 Å². The Morgan fingerprint density at radius 1 is 1.43 bits per heavy atom. The van der Waals surface area contributed by atoms with Gasteiger partial charge in [0.15, 0.2) is 0 Å². The van der Waals surface area contributed by atoms with Gasteiger partial charge in [-0.2, -0.15) is 4.98 Å². The third-order valence-corrected chi connectivity index (χ3v) is 2.26. The van der Waals surface area contributed by atoms with Gasteiger partial charge in [0.1, 0.15) is 0 Å². The van der Waals surface area contributed by atoms with Crippen molar-refractivity contribution < 1.29 is 19.1 Å². The Bertz CT molecular complexity index is 608. The number of nitrogens with one attached hydrogen (secondary N) is 3. The zero-order valence-corrected chi connectivity index (χ0v) is 11.9. The van der Waals surface area contributed by atoms with Gasteiger partial charge < -0.3 is 9.47 Å². The second-order valence-corrected chi connectivity index (χ2v) is 3.82. The molecule has 0 aliphatic heterocycles. The molecule has 9 heteroatoms. The maximum atomic E-state index is 11.7. The van der Waals surface area contributed by atoms with Gasteiger partial charge in [0.2, 0.25) is 11.8 Å². The normalized spacial score (nSPS) is 10.2. The molecule has 1 aromatic rings. The molecule has 114 valence electrons. The average Bonchev–Trinajstić information content (AvgIpc) is 2.47. The minimum absolute atomic E-state index is 0.0988. The molecule has 3 N–H and O–H groups in total. The maximum absolute atomic E-state index is 11.7. The molecule has 0 aliphatic carbocycles. The van der Waals surface area contributed by atoms with Crippen molar-refractivity contribution in [2.75, 3.05) is 12.5 Å². The first-order valence-electron chi connectivity index (χ1n) is 6.07. The lowest BCUT2D eigenvalue weighted by atomic mass is 10.3. The lowest BCUT2D eigenvalue weighted by molar-refractivity contribution is -0.129. The molecule has 0 aliphatic rings. The lowest BCUT2D eigenvalue weighted by Gasteiger charge is -2.09. The smallest absolute Gasteiger partial charge is 0.425 e. The number of H-pyrrole nitrogens is 1. The Hall–Kier alpha value is -2.84. The molecule has 0 atom stereocenters. The SMILES string of the molecule is CC/C=C/C(=O)Oc1nc(NNC(=O)OC)[nH]c(=O)c1C. The molecule has 1 heterocycles. The number of hydrazine groups is 1. The largest absolute Gasteiger partial charge is 0.452 e. The summed E-state index contributed by atoms with van der Waals surface area (Å²) in [4.78, 5) is 40.3. The molecular weight excluding hydrogens is 280 g/mol. The molecule has 0 radical (unpaired) electrons. The monoisotopic (exact) mass is 296 g/mol. The van der Waals surface area contributed by atoms with Crippen molar-refractivity contribution in [3.05, 3.63) is 28.1 Å². The summed E-state index contributed by atoms with van der Waals surface area (Å²) < 4.78 is 9.30. The van der Waals surface area contributed by atoms with Gasteiger partial charge in [0.05, 0.1) is 12.7 Å². The molecule has 1 amide bonds. The molecular formula is C12H16N4O5. The van der Waals surface area contributed by atoms with E-state index in [-0.39, 0.29) is 17.4 Å². The van der Waals surface area contributed by atoms with Crippen LogP contribution in [0.5, 0.6) is 5.88 Å². The number of esters is 1. The molecule has 0 saturated carbocycles. The fourth-order valence-electron chi connectivity index (χ4n) is 1.17. The van der Waals surface area contributed by atoms with E-state index in [2.05, 4.69) is 25.6 Å². The molecule has 21 heavy (non-hydrogen) atoms. The standard InChI is InChI=1S/C12H16N4O5/c1-4-5-6-8(17)21-10-7(2)9(18)13-11(14-10)15-16-12(19)20-3/h5-6H,4H2,1-3H3,(H,16,19)(H2,13,14,15,18)/b6-5+. The number of carbonyl (C=O) groups is 2. The number of ether oxygens (including phenoxy) is 2. The number of aromatic nitrogens is 2. The van der Waals surface area contributed by atoms with Crippen LogP contribution in [0, 0.1) is 6.92 Å². The molecule has 1 rings (SSSR count). The fourth-order valence-corrected chi connectivity index (χ4v) is 1.17. The number of nitrogens with zero attached hydrogens (tertiary/aromatic N) is 1. The summed E-state index contributed by atoms with van der Waals surface area (Å²) in [6.07, 6.45) is 2.75. The second-order valence-electron chi connectivity index (χ2n) is 3.82. The number of methoxy groups -OCH3 is 1. The van der Waals surface area contributed by atoms with Crippen LogP contribution in [0.1, 0.15) is 18.9 Å². The van der Waals surface area contributed by atoms with Crippen LogP contribution in [-0.2, 0) is 9.53 Å². The van der Waals surface area contributed by atoms with Crippen molar-refractivity contribution in [3.63, 3.8) is 0 Å². The minimum atomic E-state index is -0.775. The van der Waals surface area contributed by atoms with Crippen LogP contribution in [0.2, 0.25) is 0 Å². The number of allylic oxidation sites excluding steroid dienone is 1. The van der Waals surface area contributed by atoms with E-state index in [4.69, 9.17) is 4.74 Å². The third kappa shape index (κ3) is 4.97. The second kappa shape index (κ2) is 7.68. The Kier molecular flexibility index (Phi) is 5.93. The van der Waals surface area contributed by atoms with Crippen LogP contribution >= 0.6 is 0 Å². The number of amides is 1. The van der Waals surface area contributed by atoms with E-state index < -0.39 is 17.6 Å². The van der Waals surface area contributed by atoms with E-state index in [1.54, 1.807) is 6.08 Å². The first-order valence-corrected chi connectivity index (χ1v) is 6.07. The van der Waals surface area contributed by atoms with Gasteiger partial charge in [-0.3, -0.25) is 15.2 Å². The van der Waals surface area contributed by atoms with Crippen molar-refractivity contribution in [1.82, 2.24) is 15.4 Å². The van der Waals surface area contributed by atoms with Crippen molar-refractivity contribution >= 4 is 18.0 Å². The molecule has 0 aromatic carbocycles. The summed E-state index contributed by atoms with van der Waals surface area (Å²) in [6, 6.07) is 0. The molecule has 0 spiro atoms. The van der Waals surface area contributed by atoms with Gasteiger partial charge in [-0.15, -0.1) is 0 Å². The molecule has 0 fully saturated rings. The zero-order chi connectivity index (χ0) is 15.8. The van der Waals surface area contributed by atoms with Crippen LogP contribution < -0.4 is 21.1 Å². The summed E-state index contributed by atoms with van der Waals surface area (Å²) in [5.41, 5.74) is 4.05. The number of aromatic amines is 1. The van der Waals surface area contributed by atoms with E-state index in [1.807, 2.05) is 6.92 Å². The predicted molar refractivity (Wildman–Crippen MR) is 73.8 cm³/mol. The molecule has 1 aromatic heterocycles. The Balaban J connectivity index is 2.90. The van der Waals surface area contributed by atoms with E-state index >= 15 is 0 Å². The summed E-state index contributed by atoms with van der Waals surface area (Å²) in [7, 11) is 1.18. The van der Waals surface area contributed by atoms with Crippen LogP contribution in [0.4, 0.5) is 10.7 Å². The number of rotatable bonds is 5. The number of hydrogen-bond acceptors (Lipinski definition) is 7. The summed E-state index contributed by atoms with van der Waals surface area (Å²) in [6.45, 7) is 3.32. The Morgan fingerprint density at radius 3 is 2.76 bits per heavy atom. The number of anilines is 1. The summed E-state index contributed by atoms with van der Waals surface area (Å²) in [5, 5.41) is 0. The topological polar surface area (TPSA) is 122 Å². The summed E-state index contributed by atoms with van der Waals surface area (Å²) >= 11 is 0. The van der Waals surface area contributed by atoms with E-state index in [0.29, 0.717) is 6.42 Å². The van der Waals surface area contributed by atoms with Crippen LogP contribution in [0.3, 0.4) is 0 Å². The highest BCUT2D eigenvalue weighted by atomic mass is 16.5. The zero-order valence-electron chi connectivity index (χ0n) is 11.9.